The highest BCUT2D eigenvalue weighted by molar-refractivity contribution is 5.77. The first-order valence-corrected chi connectivity index (χ1v) is 7.34. The molecule has 1 aliphatic heterocycles. The lowest BCUT2D eigenvalue weighted by Gasteiger charge is -2.26. The van der Waals surface area contributed by atoms with E-state index < -0.39 is 0 Å². The zero-order valence-electron chi connectivity index (χ0n) is 13.2. The Balaban J connectivity index is 2.24. The van der Waals surface area contributed by atoms with Crippen LogP contribution in [-0.4, -0.2) is 20.3 Å². The summed E-state index contributed by atoms with van der Waals surface area (Å²) < 4.78 is 8.73. The Kier molecular flexibility index (Phi) is 3.39. The average Bonchev–Trinajstić information content (AvgIpc) is 2.93. The van der Waals surface area contributed by atoms with Gasteiger partial charge in [0.1, 0.15) is 5.75 Å². The van der Waals surface area contributed by atoms with Gasteiger partial charge in [-0.05, 0) is 26.8 Å². The molecule has 0 amide bonds. The van der Waals surface area contributed by atoms with Crippen LogP contribution in [0.15, 0.2) is 23.1 Å². The average molecular weight is 301 g/mol. The Bertz CT molecular complexity index is 801. The number of pyridine rings is 1. The van der Waals surface area contributed by atoms with E-state index >= 15 is 0 Å². The van der Waals surface area contributed by atoms with Crippen molar-refractivity contribution < 1.29 is 9.53 Å². The number of nitrogens with zero attached hydrogens (tertiary/aromatic N) is 3. The van der Waals surface area contributed by atoms with E-state index in [0.29, 0.717) is 11.3 Å². The van der Waals surface area contributed by atoms with E-state index in [2.05, 4.69) is 5.10 Å². The van der Waals surface area contributed by atoms with Crippen LogP contribution in [0, 0.1) is 6.92 Å². The Labute approximate surface area is 128 Å². The van der Waals surface area contributed by atoms with Crippen molar-refractivity contribution in [3.63, 3.8) is 0 Å². The van der Waals surface area contributed by atoms with Gasteiger partial charge in [-0.2, -0.15) is 5.10 Å². The highest BCUT2D eigenvalue weighted by atomic mass is 16.5. The summed E-state index contributed by atoms with van der Waals surface area (Å²) in [6.45, 7) is 5.86. The molecule has 0 aromatic carbocycles. The number of hydrogen-bond donors (Lipinski definition) is 0. The minimum atomic E-state index is -0.319. The first-order valence-electron chi connectivity index (χ1n) is 7.34. The van der Waals surface area contributed by atoms with Crippen LogP contribution in [0.25, 0.3) is 0 Å². The fourth-order valence-electron chi connectivity index (χ4n) is 2.93. The summed E-state index contributed by atoms with van der Waals surface area (Å²) >= 11 is 0. The zero-order valence-corrected chi connectivity index (χ0v) is 13.2. The Morgan fingerprint density at radius 1 is 1.36 bits per heavy atom. The number of aromatic nitrogens is 3. The van der Waals surface area contributed by atoms with Crippen LogP contribution in [0.4, 0.5) is 0 Å². The lowest BCUT2D eigenvalue weighted by Crippen LogP contribution is -2.33. The molecule has 0 saturated heterocycles. The predicted molar refractivity (Wildman–Crippen MR) is 81.1 cm³/mol. The van der Waals surface area contributed by atoms with Gasteiger partial charge in [0, 0.05) is 42.7 Å². The van der Waals surface area contributed by atoms with Crippen LogP contribution in [0.5, 0.6) is 5.75 Å². The topological polar surface area (TPSA) is 66.1 Å². The first-order chi connectivity index (χ1) is 10.4. The van der Waals surface area contributed by atoms with E-state index in [1.54, 1.807) is 23.9 Å². The van der Waals surface area contributed by atoms with Crippen LogP contribution >= 0.6 is 0 Å². The molecule has 2 aromatic heterocycles. The number of aryl methyl sites for hydroxylation is 1. The third-order valence-corrected chi connectivity index (χ3v) is 4.16. The molecule has 0 saturated carbocycles. The van der Waals surface area contributed by atoms with E-state index in [1.165, 1.54) is 0 Å². The second-order valence-electron chi connectivity index (χ2n) is 5.95. The lowest BCUT2D eigenvalue weighted by molar-refractivity contribution is -0.135. The molecule has 0 spiro atoms. The van der Waals surface area contributed by atoms with Crippen LogP contribution in [0.2, 0.25) is 0 Å². The molecule has 6 nitrogen and oxygen atoms in total. The summed E-state index contributed by atoms with van der Waals surface area (Å²) in [5.41, 5.74) is 2.04. The molecule has 22 heavy (non-hydrogen) atoms. The van der Waals surface area contributed by atoms with Crippen molar-refractivity contribution in [1.29, 1.82) is 0 Å². The number of rotatable bonds is 2. The highest BCUT2D eigenvalue weighted by Crippen LogP contribution is 2.37. The van der Waals surface area contributed by atoms with Gasteiger partial charge in [-0.1, -0.05) is 0 Å². The van der Waals surface area contributed by atoms with Gasteiger partial charge >= 0.3 is 5.97 Å². The number of hydrogen-bond acceptors (Lipinski definition) is 4. The monoisotopic (exact) mass is 301 g/mol. The summed E-state index contributed by atoms with van der Waals surface area (Å²) in [5, 5.41) is 4.31. The Hall–Kier alpha value is -2.37. The third kappa shape index (κ3) is 2.15. The van der Waals surface area contributed by atoms with E-state index in [0.717, 1.165) is 11.4 Å². The molecule has 0 unspecified atom stereocenters. The molecule has 116 valence electrons. The number of carbonyl (C=O) groups is 1. The molecular weight excluding hydrogens is 282 g/mol. The molecule has 3 rings (SSSR count). The first kappa shape index (κ1) is 14.6. The van der Waals surface area contributed by atoms with Crippen LogP contribution in [0.1, 0.15) is 49.2 Å². The number of fused-ring (bicyclic) bond motifs is 1. The standard InChI is InChI=1S/C16H19N3O3/c1-9(2)19-12(5-6-17-19)11-8-14(20)22-13-7-10(3)18(4)16(21)15(11)13/h5-7,9,11H,8H2,1-4H3/t11-/m0/s1. The zero-order chi connectivity index (χ0) is 16.0. The molecule has 0 N–H and O–H groups in total. The largest absolute Gasteiger partial charge is 0.426 e. The van der Waals surface area contributed by atoms with E-state index in [9.17, 15) is 9.59 Å². The molecule has 0 fully saturated rings. The smallest absolute Gasteiger partial charge is 0.312 e. The van der Waals surface area contributed by atoms with Gasteiger partial charge in [0.25, 0.3) is 5.56 Å². The Morgan fingerprint density at radius 3 is 2.77 bits per heavy atom. The van der Waals surface area contributed by atoms with Crippen molar-refractivity contribution in [1.82, 2.24) is 14.3 Å². The fraction of sp³-hybridized carbons (Fsp3) is 0.438. The Morgan fingerprint density at radius 2 is 2.09 bits per heavy atom. The number of esters is 1. The summed E-state index contributed by atoms with van der Waals surface area (Å²) in [6.07, 6.45) is 1.86. The molecule has 0 bridgehead atoms. The van der Waals surface area contributed by atoms with Gasteiger partial charge in [-0.15, -0.1) is 0 Å². The molecule has 3 heterocycles. The van der Waals surface area contributed by atoms with Gasteiger partial charge in [0.2, 0.25) is 0 Å². The number of carbonyl (C=O) groups excluding carboxylic acids is 1. The van der Waals surface area contributed by atoms with Gasteiger partial charge in [0.05, 0.1) is 12.0 Å². The quantitative estimate of drug-likeness (QED) is 0.795. The maximum absolute atomic E-state index is 12.7. The minimum absolute atomic E-state index is 0.121. The maximum Gasteiger partial charge on any atom is 0.312 e. The van der Waals surface area contributed by atoms with Gasteiger partial charge < -0.3 is 9.30 Å². The molecule has 1 atom stereocenters. The van der Waals surface area contributed by atoms with Gasteiger partial charge in [-0.25, -0.2) is 0 Å². The lowest BCUT2D eigenvalue weighted by atomic mass is 9.90. The predicted octanol–water partition coefficient (Wildman–Crippen LogP) is 1.91. The minimum Gasteiger partial charge on any atom is -0.426 e. The van der Waals surface area contributed by atoms with Crippen molar-refractivity contribution >= 4 is 5.97 Å². The van der Waals surface area contributed by atoms with Gasteiger partial charge in [-0.3, -0.25) is 14.3 Å². The van der Waals surface area contributed by atoms with Gasteiger partial charge in [0.15, 0.2) is 0 Å². The fourth-order valence-corrected chi connectivity index (χ4v) is 2.93. The van der Waals surface area contributed by atoms with Crippen molar-refractivity contribution in [2.24, 2.45) is 7.05 Å². The second kappa shape index (κ2) is 5.12. The SMILES string of the molecule is Cc1cc2c(c(=O)n1C)[C@H](c1ccnn1C(C)C)CC(=O)O2. The molecule has 2 aromatic rings. The van der Waals surface area contributed by atoms with Crippen molar-refractivity contribution in [2.45, 2.75) is 39.2 Å². The normalized spacial score (nSPS) is 17.5. The maximum atomic E-state index is 12.7. The summed E-state index contributed by atoms with van der Waals surface area (Å²) in [4.78, 5) is 24.6. The van der Waals surface area contributed by atoms with Crippen LogP contribution < -0.4 is 10.3 Å². The molecule has 0 aliphatic carbocycles. The van der Waals surface area contributed by atoms with Crippen molar-refractivity contribution in [3.05, 3.63) is 45.6 Å². The molecule has 6 heteroatoms. The number of ether oxygens (including phenoxy) is 1. The summed E-state index contributed by atoms with van der Waals surface area (Å²) in [5.74, 6) is -0.263. The summed E-state index contributed by atoms with van der Waals surface area (Å²) in [6, 6.07) is 3.77. The molecule has 1 aliphatic rings. The van der Waals surface area contributed by atoms with Crippen molar-refractivity contribution in [3.8, 4) is 5.75 Å². The highest BCUT2D eigenvalue weighted by Gasteiger charge is 2.34. The third-order valence-electron chi connectivity index (χ3n) is 4.16. The van der Waals surface area contributed by atoms with E-state index in [-0.39, 0.29) is 29.9 Å². The van der Waals surface area contributed by atoms with E-state index in [1.807, 2.05) is 31.5 Å². The van der Waals surface area contributed by atoms with Crippen molar-refractivity contribution in [2.75, 3.05) is 0 Å². The van der Waals surface area contributed by atoms with E-state index in [4.69, 9.17) is 4.74 Å². The molecule has 0 radical (unpaired) electrons. The molecular formula is C16H19N3O3. The second-order valence-corrected chi connectivity index (χ2v) is 5.95. The van der Waals surface area contributed by atoms with Crippen LogP contribution in [0.3, 0.4) is 0 Å². The summed E-state index contributed by atoms with van der Waals surface area (Å²) in [7, 11) is 1.73. The van der Waals surface area contributed by atoms with Crippen LogP contribution in [-0.2, 0) is 11.8 Å².